The molecule has 5 aromatic rings. The Hall–Kier alpha value is -4.63. The Morgan fingerprint density at radius 2 is 1.77 bits per heavy atom. The van der Waals surface area contributed by atoms with Crippen molar-refractivity contribution in [2.24, 2.45) is 5.92 Å². The number of nitriles is 1. The first-order valence-corrected chi connectivity index (χ1v) is 11.6. The molecule has 0 aliphatic carbocycles. The van der Waals surface area contributed by atoms with E-state index < -0.39 is 0 Å². The van der Waals surface area contributed by atoms with Gasteiger partial charge in [-0.15, -0.1) is 0 Å². The van der Waals surface area contributed by atoms with E-state index in [0.717, 1.165) is 39.3 Å². The SMILES string of the molecule is CC(C)COc1ccc(-c2nn(-c3ccccc3)cc2/C=C(\C#N)c2nc3ccccc3[nH]2)cc1. The van der Waals surface area contributed by atoms with Gasteiger partial charge in [-0.05, 0) is 60.5 Å². The van der Waals surface area contributed by atoms with Crippen LogP contribution in [0, 0.1) is 17.2 Å². The van der Waals surface area contributed by atoms with Crippen LogP contribution >= 0.6 is 0 Å². The van der Waals surface area contributed by atoms with Crippen molar-refractivity contribution in [2.45, 2.75) is 13.8 Å². The fourth-order valence-electron chi connectivity index (χ4n) is 3.79. The molecule has 0 amide bonds. The normalized spacial score (nSPS) is 11.7. The number of para-hydroxylation sites is 3. The summed E-state index contributed by atoms with van der Waals surface area (Å²) in [6.07, 6.45) is 3.77. The van der Waals surface area contributed by atoms with Crippen LogP contribution < -0.4 is 4.74 Å². The Bertz CT molecular complexity index is 1490. The van der Waals surface area contributed by atoms with Crippen molar-refractivity contribution >= 4 is 22.7 Å². The van der Waals surface area contributed by atoms with Crippen LogP contribution in [0.15, 0.2) is 85.1 Å². The second-order valence-corrected chi connectivity index (χ2v) is 8.71. The minimum Gasteiger partial charge on any atom is -0.493 e. The van der Waals surface area contributed by atoms with Crippen molar-refractivity contribution in [1.29, 1.82) is 5.26 Å². The van der Waals surface area contributed by atoms with Crippen LogP contribution in [-0.2, 0) is 0 Å². The Kier molecular flexibility index (Phi) is 6.15. The number of fused-ring (bicyclic) bond motifs is 1. The minimum atomic E-state index is 0.437. The number of nitrogens with one attached hydrogen (secondary N) is 1. The molecule has 0 spiro atoms. The van der Waals surface area contributed by atoms with Crippen LogP contribution in [-0.4, -0.2) is 26.4 Å². The number of imidazole rings is 1. The van der Waals surface area contributed by atoms with Crippen LogP contribution in [0.4, 0.5) is 0 Å². The van der Waals surface area contributed by atoms with E-state index in [0.29, 0.717) is 23.9 Å². The van der Waals surface area contributed by atoms with Crippen LogP contribution in [0.1, 0.15) is 25.2 Å². The van der Waals surface area contributed by atoms with E-state index in [1.165, 1.54) is 0 Å². The number of aromatic nitrogens is 4. The van der Waals surface area contributed by atoms with Gasteiger partial charge < -0.3 is 9.72 Å². The average Bonchev–Trinajstić information content (AvgIpc) is 3.51. The van der Waals surface area contributed by atoms with Gasteiger partial charge in [0.1, 0.15) is 17.6 Å². The molecule has 0 unspecified atom stereocenters. The Morgan fingerprint density at radius 3 is 2.49 bits per heavy atom. The quantitative estimate of drug-likeness (QED) is 0.281. The minimum absolute atomic E-state index is 0.437. The summed E-state index contributed by atoms with van der Waals surface area (Å²) in [7, 11) is 0. The van der Waals surface area contributed by atoms with Crippen molar-refractivity contribution in [2.75, 3.05) is 6.61 Å². The summed E-state index contributed by atoms with van der Waals surface area (Å²) >= 11 is 0. The summed E-state index contributed by atoms with van der Waals surface area (Å²) < 4.78 is 7.67. The molecule has 2 aromatic heterocycles. The number of rotatable bonds is 7. The lowest BCUT2D eigenvalue weighted by molar-refractivity contribution is 0.271. The average molecular weight is 460 g/mol. The summed E-state index contributed by atoms with van der Waals surface area (Å²) in [6.45, 7) is 4.91. The number of ether oxygens (including phenoxy) is 1. The second-order valence-electron chi connectivity index (χ2n) is 8.71. The molecule has 0 fully saturated rings. The van der Waals surface area contributed by atoms with Gasteiger partial charge in [-0.3, -0.25) is 0 Å². The molecule has 0 aliphatic rings. The zero-order valence-corrected chi connectivity index (χ0v) is 19.6. The second kappa shape index (κ2) is 9.70. The highest BCUT2D eigenvalue weighted by molar-refractivity contribution is 5.92. The monoisotopic (exact) mass is 459 g/mol. The van der Waals surface area contributed by atoms with Crippen LogP contribution in [0.2, 0.25) is 0 Å². The summed E-state index contributed by atoms with van der Waals surface area (Å²) in [6, 6.07) is 27.9. The molecular formula is C29H25N5O. The van der Waals surface area contributed by atoms with E-state index in [4.69, 9.17) is 9.84 Å². The predicted molar refractivity (Wildman–Crippen MR) is 139 cm³/mol. The lowest BCUT2D eigenvalue weighted by Gasteiger charge is -2.09. The molecule has 6 heteroatoms. The third-order valence-corrected chi connectivity index (χ3v) is 5.54. The van der Waals surface area contributed by atoms with E-state index >= 15 is 0 Å². The van der Waals surface area contributed by atoms with E-state index in [1.807, 2.05) is 95.8 Å². The Morgan fingerprint density at radius 1 is 1.03 bits per heavy atom. The van der Waals surface area contributed by atoms with Crippen molar-refractivity contribution in [3.05, 3.63) is 96.4 Å². The smallest absolute Gasteiger partial charge is 0.149 e. The zero-order valence-electron chi connectivity index (χ0n) is 19.6. The van der Waals surface area contributed by atoms with Gasteiger partial charge in [0.2, 0.25) is 0 Å². The lowest BCUT2D eigenvalue weighted by atomic mass is 10.1. The highest BCUT2D eigenvalue weighted by Crippen LogP contribution is 2.29. The molecule has 0 radical (unpaired) electrons. The zero-order chi connectivity index (χ0) is 24.2. The fourth-order valence-corrected chi connectivity index (χ4v) is 3.79. The molecule has 0 saturated carbocycles. The molecule has 2 heterocycles. The number of benzene rings is 3. The molecule has 172 valence electrons. The van der Waals surface area contributed by atoms with Crippen molar-refractivity contribution in [1.82, 2.24) is 19.7 Å². The lowest BCUT2D eigenvalue weighted by Crippen LogP contribution is -2.04. The summed E-state index contributed by atoms with van der Waals surface area (Å²) in [5, 5.41) is 14.8. The molecule has 1 N–H and O–H groups in total. The summed E-state index contributed by atoms with van der Waals surface area (Å²) in [5.41, 5.74) is 5.61. The third-order valence-electron chi connectivity index (χ3n) is 5.54. The standard InChI is InChI=1S/C29H25N5O/c1-20(2)19-35-25-14-12-21(13-15-25)28-23(18-34(33-28)24-8-4-3-5-9-24)16-22(17-30)29-31-26-10-6-7-11-27(26)32-29/h3-16,18,20H,19H2,1-2H3,(H,31,32)/b22-16+. The van der Waals surface area contributed by atoms with Gasteiger partial charge in [-0.25, -0.2) is 9.67 Å². The molecule has 35 heavy (non-hydrogen) atoms. The maximum Gasteiger partial charge on any atom is 0.149 e. The van der Waals surface area contributed by atoms with Gasteiger partial charge in [0.25, 0.3) is 0 Å². The first kappa shape index (κ1) is 22.2. The molecule has 0 saturated heterocycles. The number of allylic oxidation sites excluding steroid dienone is 1. The van der Waals surface area contributed by atoms with Crippen molar-refractivity contribution in [3.8, 4) is 28.8 Å². The van der Waals surface area contributed by atoms with Crippen molar-refractivity contribution in [3.63, 3.8) is 0 Å². The number of hydrogen-bond acceptors (Lipinski definition) is 4. The van der Waals surface area contributed by atoms with Gasteiger partial charge in [0, 0.05) is 17.3 Å². The Balaban J connectivity index is 1.57. The van der Waals surface area contributed by atoms with Gasteiger partial charge in [-0.2, -0.15) is 10.4 Å². The highest BCUT2D eigenvalue weighted by atomic mass is 16.5. The van der Waals surface area contributed by atoms with Gasteiger partial charge >= 0.3 is 0 Å². The summed E-state index contributed by atoms with van der Waals surface area (Å²) in [5.74, 6) is 1.81. The molecule has 3 aromatic carbocycles. The van der Waals surface area contributed by atoms with E-state index in [1.54, 1.807) is 0 Å². The molecular weight excluding hydrogens is 434 g/mol. The number of hydrogen-bond donors (Lipinski definition) is 1. The fraction of sp³-hybridized carbons (Fsp3) is 0.138. The van der Waals surface area contributed by atoms with E-state index in [9.17, 15) is 5.26 Å². The maximum absolute atomic E-state index is 9.97. The van der Waals surface area contributed by atoms with Gasteiger partial charge in [0.05, 0.1) is 34.6 Å². The predicted octanol–water partition coefficient (Wildman–Crippen LogP) is 6.51. The number of aromatic amines is 1. The molecule has 5 rings (SSSR count). The topological polar surface area (TPSA) is 79.5 Å². The largest absolute Gasteiger partial charge is 0.493 e. The van der Waals surface area contributed by atoms with Crippen LogP contribution in [0.25, 0.3) is 39.6 Å². The van der Waals surface area contributed by atoms with Crippen molar-refractivity contribution < 1.29 is 4.74 Å². The van der Waals surface area contributed by atoms with E-state index in [2.05, 4.69) is 29.9 Å². The van der Waals surface area contributed by atoms with Gasteiger partial charge in [0.15, 0.2) is 0 Å². The highest BCUT2D eigenvalue weighted by Gasteiger charge is 2.15. The molecule has 0 aliphatic heterocycles. The first-order chi connectivity index (χ1) is 17.1. The molecule has 0 atom stereocenters. The first-order valence-electron chi connectivity index (χ1n) is 11.6. The molecule has 0 bridgehead atoms. The summed E-state index contributed by atoms with van der Waals surface area (Å²) in [4.78, 5) is 7.85. The Labute approximate surface area is 204 Å². The van der Waals surface area contributed by atoms with E-state index in [-0.39, 0.29) is 0 Å². The van der Waals surface area contributed by atoms with Crippen LogP contribution in [0.3, 0.4) is 0 Å². The number of nitrogens with zero attached hydrogens (tertiary/aromatic N) is 4. The third kappa shape index (κ3) is 4.85. The number of H-pyrrole nitrogens is 1. The maximum atomic E-state index is 9.97. The molecule has 6 nitrogen and oxygen atoms in total. The van der Waals surface area contributed by atoms with Crippen LogP contribution in [0.5, 0.6) is 5.75 Å². The van der Waals surface area contributed by atoms with Gasteiger partial charge in [-0.1, -0.05) is 44.2 Å².